The summed E-state index contributed by atoms with van der Waals surface area (Å²) in [5.74, 6) is 1.68. The maximum Gasteiger partial charge on any atom is 0.223 e. The Morgan fingerprint density at radius 2 is 1.76 bits per heavy atom. The third kappa shape index (κ3) is 4.96. The topological polar surface area (TPSA) is 79.2 Å². The number of nitrogens with zero attached hydrogens (tertiary/aromatic N) is 1. The van der Waals surface area contributed by atoms with Crippen molar-refractivity contribution in [3.05, 3.63) is 52.6 Å². The lowest BCUT2D eigenvalue weighted by atomic mass is 9.84. The highest BCUT2D eigenvalue weighted by Gasteiger charge is 2.32. The number of aliphatic hydroxyl groups is 1. The van der Waals surface area contributed by atoms with E-state index in [-0.39, 0.29) is 30.1 Å². The summed E-state index contributed by atoms with van der Waals surface area (Å²) >= 11 is 0. The molecule has 4 rings (SSSR count). The SMILES string of the molecule is COc1cc(O)c(C(CC(=O)N2CC(C)CC(C)C2)c2ccc3c(c2)CC(O)C3)c(OC)c1. The molecule has 0 saturated carbocycles. The molecular weight excluding hydrogens is 418 g/mol. The van der Waals surface area contributed by atoms with Crippen LogP contribution in [0.3, 0.4) is 0 Å². The maximum atomic E-state index is 13.5. The number of aromatic hydroxyl groups is 1. The molecule has 1 saturated heterocycles. The number of hydrogen-bond acceptors (Lipinski definition) is 5. The zero-order valence-electron chi connectivity index (χ0n) is 20.0. The molecule has 1 heterocycles. The van der Waals surface area contributed by atoms with Gasteiger partial charge in [-0.2, -0.15) is 0 Å². The number of carbonyl (C=O) groups is 1. The Hall–Kier alpha value is -2.73. The Balaban J connectivity index is 1.74. The predicted molar refractivity (Wildman–Crippen MR) is 127 cm³/mol. The van der Waals surface area contributed by atoms with Crippen LogP contribution in [-0.2, 0) is 17.6 Å². The molecule has 1 aliphatic heterocycles. The monoisotopic (exact) mass is 453 g/mol. The number of aliphatic hydroxyl groups excluding tert-OH is 1. The van der Waals surface area contributed by atoms with Crippen LogP contribution in [0.1, 0.15) is 54.9 Å². The van der Waals surface area contributed by atoms with Crippen LogP contribution in [0.4, 0.5) is 0 Å². The van der Waals surface area contributed by atoms with E-state index < -0.39 is 0 Å². The quantitative estimate of drug-likeness (QED) is 0.694. The average molecular weight is 454 g/mol. The van der Waals surface area contributed by atoms with E-state index in [9.17, 15) is 15.0 Å². The summed E-state index contributed by atoms with van der Waals surface area (Å²) in [5, 5.41) is 21.1. The number of amides is 1. The van der Waals surface area contributed by atoms with E-state index >= 15 is 0 Å². The first-order valence-corrected chi connectivity index (χ1v) is 11.8. The summed E-state index contributed by atoms with van der Waals surface area (Å²) < 4.78 is 10.9. The molecule has 6 heteroatoms. The number of hydrogen-bond donors (Lipinski definition) is 2. The normalized spacial score (nSPS) is 23.2. The highest BCUT2D eigenvalue weighted by Crippen LogP contribution is 2.44. The van der Waals surface area contributed by atoms with Crippen LogP contribution >= 0.6 is 0 Å². The molecule has 0 spiro atoms. The van der Waals surface area contributed by atoms with Gasteiger partial charge in [0.1, 0.15) is 17.2 Å². The molecule has 1 aliphatic carbocycles. The van der Waals surface area contributed by atoms with Crippen molar-refractivity contribution >= 4 is 5.91 Å². The number of rotatable bonds is 6. The molecule has 2 aromatic carbocycles. The van der Waals surface area contributed by atoms with Gasteiger partial charge in [-0.3, -0.25) is 4.79 Å². The van der Waals surface area contributed by atoms with Gasteiger partial charge in [-0.25, -0.2) is 0 Å². The number of likely N-dealkylation sites (tertiary alicyclic amines) is 1. The van der Waals surface area contributed by atoms with Crippen molar-refractivity contribution < 1.29 is 24.5 Å². The molecule has 33 heavy (non-hydrogen) atoms. The lowest BCUT2D eigenvalue weighted by molar-refractivity contribution is -0.134. The fourth-order valence-electron chi connectivity index (χ4n) is 5.61. The van der Waals surface area contributed by atoms with Crippen molar-refractivity contribution in [3.8, 4) is 17.2 Å². The minimum Gasteiger partial charge on any atom is -0.507 e. The van der Waals surface area contributed by atoms with Crippen molar-refractivity contribution in [2.75, 3.05) is 27.3 Å². The van der Waals surface area contributed by atoms with Crippen molar-refractivity contribution in [3.63, 3.8) is 0 Å². The average Bonchev–Trinajstić information content (AvgIpc) is 3.15. The molecule has 0 bridgehead atoms. The third-order valence-corrected chi connectivity index (χ3v) is 7.04. The standard InChI is InChI=1S/C27H35NO5/c1-16-7-17(2)15-28(14-16)26(31)13-23(19-6-5-18-9-21(29)10-20(18)8-19)27-24(30)11-22(32-3)12-25(27)33-4/h5-6,8,11-12,16-17,21,23,29-30H,7,9-10,13-15H2,1-4H3. The van der Waals surface area contributed by atoms with Crippen molar-refractivity contribution in [1.82, 2.24) is 4.90 Å². The number of benzene rings is 2. The highest BCUT2D eigenvalue weighted by molar-refractivity contribution is 5.78. The zero-order chi connectivity index (χ0) is 23.7. The van der Waals surface area contributed by atoms with Crippen molar-refractivity contribution in [2.24, 2.45) is 11.8 Å². The molecule has 0 radical (unpaired) electrons. The van der Waals surface area contributed by atoms with Crippen LogP contribution < -0.4 is 9.47 Å². The Morgan fingerprint density at radius 3 is 2.42 bits per heavy atom. The van der Waals surface area contributed by atoms with Gasteiger partial charge in [-0.15, -0.1) is 0 Å². The summed E-state index contributed by atoms with van der Waals surface area (Å²) in [6.07, 6.45) is 2.26. The van der Waals surface area contributed by atoms with Gasteiger partial charge >= 0.3 is 0 Å². The Bertz CT molecular complexity index is 1010. The summed E-state index contributed by atoms with van der Waals surface area (Å²) in [4.78, 5) is 15.5. The molecule has 6 nitrogen and oxygen atoms in total. The van der Waals surface area contributed by atoms with Gasteiger partial charge in [-0.05, 0) is 47.8 Å². The highest BCUT2D eigenvalue weighted by atomic mass is 16.5. The van der Waals surface area contributed by atoms with E-state index in [1.807, 2.05) is 17.0 Å². The molecule has 1 fully saturated rings. The molecule has 178 valence electrons. The lowest BCUT2D eigenvalue weighted by Crippen LogP contribution is -2.43. The zero-order valence-corrected chi connectivity index (χ0v) is 20.0. The van der Waals surface area contributed by atoms with Crippen LogP contribution in [0.25, 0.3) is 0 Å². The van der Waals surface area contributed by atoms with Crippen LogP contribution in [0.5, 0.6) is 17.2 Å². The van der Waals surface area contributed by atoms with Gasteiger partial charge in [0.25, 0.3) is 0 Å². The number of piperidine rings is 1. The Morgan fingerprint density at radius 1 is 1.06 bits per heavy atom. The van der Waals surface area contributed by atoms with E-state index in [1.165, 1.54) is 0 Å². The third-order valence-electron chi connectivity index (χ3n) is 7.04. The van der Waals surface area contributed by atoms with Crippen LogP contribution in [0, 0.1) is 11.8 Å². The summed E-state index contributed by atoms with van der Waals surface area (Å²) in [7, 11) is 3.10. The van der Waals surface area contributed by atoms with Gasteiger partial charge in [0.05, 0.1) is 20.3 Å². The molecule has 2 N–H and O–H groups in total. The van der Waals surface area contributed by atoms with Crippen molar-refractivity contribution in [1.29, 1.82) is 0 Å². The predicted octanol–water partition coefficient (Wildman–Crippen LogP) is 3.90. The lowest BCUT2D eigenvalue weighted by Gasteiger charge is -2.36. The second-order valence-corrected chi connectivity index (χ2v) is 9.85. The first kappa shape index (κ1) is 23.4. The number of methoxy groups -OCH3 is 2. The Kier molecular flexibility index (Phi) is 6.84. The second-order valence-electron chi connectivity index (χ2n) is 9.85. The molecule has 1 amide bonds. The molecule has 2 aromatic rings. The number of phenolic OH excluding ortho intramolecular Hbond substituents is 1. The maximum absolute atomic E-state index is 13.5. The van der Waals surface area contributed by atoms with Crippen LogP contribution in [-0.4, -0.2) is 54.4 Å². The minimum atomic E-state index is -0.381. The van der Waals surface area contributed by atoms with Crippen LogP contribution in [0.15, 0.2) is 30.3 Å². The first-order valence-electron chi connectivity index (χ1n) is 11.8. The molecule has 0 aromatic heterocycles. The number of ether oxygens (including phenoxy) is 2. The fraction of sp³-hybridized carbons (Fsp3) is 0.519. The Labute approximate surface area is 196 Å². The largest absolute Gasteiger partial charge is 0.507 e. The molecule has 2 aliphatic rings. The second kappa shape index (κ2) is 9.64. The van der Waals surface area contributed by atoms with E-state index in [0.29, 0.717) is 41.7 Å². The molecular formula is C27H35NO5. The van der Waals surface area contributed by atoms with Gasteiger partial charge < -0.3 is 24.6 Å². The van der Waals surface area contributed by atoms with E-state index in [1.54, 1.807) is 26.4 Å². The van der Waals surface area contributed by atoms with E-state index in [4.69, 9.17) is 9.47 Å². The van der Waals surface area contributed by atoms with Crippen molar-refractivity contribution in [2.45, 2.75) is 51.6 Å². The summed E-state index contributed by atoms with van der Waals surface area (Å²) in [6, 6.07) is 9.44. The number of fused-ring (bicyclic) bond motifs is 1. The number of carbonyl (C=O) groups excluding carboxylic acids is 1. The van der Waals surface area contributed by atoms with Crippen LogP contribution in [0.2, 0.25) is 0 Å². The van der Waals surface area contributed by atoms with Gasteiger partial charge in [0, 0.05) is 43.1 Å². The van der Waals surface area contributed by atoms with Gasteiger partial charge in [-0.1, -0.05) is 32.0 Å². The minimum absolute atomic E-state index is 0.0462. The van der Waals surface area contributed by atoms with Gasteiger partial charge in [0.2, 0.25) is 5.91 Å². The summed E-state index contributed by atoms with van der Waals surface area (Å²) in [5.41, 5.74) is 3.77. The summed E-state index contributed by atoms with van der Waals surface area (Å²) in [6.45, 7) is 5.91. The van der Waals surface area contributed by atoms with E-state index in [2.05, 4.69) is 19.9 Å². The van der Waals surface area contributed by atoms with E-state index in [0.717, 1.165) is 36.2 Å². The first-order chi connectivity index (χ1) is 15.8. The fourth-order valence-corrected chi connectivity index (χ4v) is 5.61. The molecule has 4 unspecified atom stereocenters. The molecule has 4 atom stereocenters. The number of phenols is 1. The smallest absolute Gasteiger partial charge is 0.223 e. The van der Waals surface area contributed by atoms with Gasteiger partial charge in [0.15, 0.2) is 0 Å².